The predicted octanol–water partition coefficient (Wildman–Crippen LogP) is 3.19. The van der Waals surface area contributed by atoms with Crippen LogP contribution in [0.2, 0.25) is 5.02 Å². The molecule has 0 bridgehead atoms. The number of halogens is 2. The van der Waals surface area contributed by atoms with Gasteiger partial charge in [0, 0.05) is 49.1 Å². The highest BCUT2D eigenvalue weighted by atomic mass is 35.5. The van der Waals surface area contributed by atoms with Crippen LogP contribution in [0.25, 0.3) is 0 Å². The van der Waals surface area contributed by atoms with Crippen molar-refractivity contribution in [1.29, 1.82) is 0 Å². The summed E-state index contributed by atoms with van der Waals surface area (Å²) < 4.78 is 19.4. The first kappa shape index (κ1) is 22.2. The van der Waals surface area contributed by atoms with Crippen LogP contribution in [0.3, 0.4) is 0 Å². The van der Waals surface area contributed by atoms with Gasteiger partial charge in [-0.15, -0.1) is 0 Å². The summed E-state index contributed by atoms with van der Waals surface area (Å²) in [7, 11) is 0. The first-order valence-corrected chi connectivity index (χ1v) is 10.9. The molecular weight excluding hydrogens is 437 g/mol. The third kappa shape index (κ3) is 4.92. The fourth-order valence-corrected chi connectivity index (χ4v) is 4.04. The molecule has 2 saturated heterocycles. The van der Waals surface area contributed by atoms with Gasteiger partial charge in [0.1, 0.15) is 11.9 Å². The van der Waals surface area contributed by atoms with E-state index in [1.54, 1.807) is 29.2 Å². The number of hydrogen-bond acceptors (Lipinski definition) is 4. The molecule has 0 aromatic heterocycles. The molecule has 1 unspecified atom stereocenters. The first-order chi connectivity index (χ1) is 15.4. The van der Waals surface area contributed by atoms with Gasteiger partial charge in [-0.25, -0.2) is 4.39 Å². The molecule has 7 nitrogen and oxygen atoms in total. The van der Waals surface area contributed by atoms with Crippen molar-refractivity contribution in [3.63, 3.8) is 0 Å². The Hall–Kier alpha value is -2.97. The molecular formula is C23H23ClFN3O4. The van der Waals surface area contributed by atoms with Gasteiger partial charge in [-0.1, -0.05) is 17.7 Å². The summed E-state index contributed by atoms with van der Waals surface area (Å²) in [6, 6.07) is 10.6. The Morgan fingerprint density at radius 3 is 2.41 bits per heavy atom. The molecule has 2 heterocycles. The Labute approximate surface area is 190 Å². The van der Waals surface area contributed by atoms with Crippen LogP contribution in [0.1, 0.15) is 33.6 Å². The third-order valence-corrected chi connectivity index (χ3v) is 5.85. The van der Waals surface area contributed by atoms with Gasteiger partial charge in [-0.2, -0.15) is 0 Å². The first-order valence-electron chi connectivity index (χ1n) is 10.5. The average Bonchev–Trinajstić information content (AvgIpc) is 3.35. The summed E-state index contributed by atoms with van der Waals surface area (Å²) in [5, 5.41) is 3.09. The van der Waals surface area contributed by atoms with E-state index in [9.17, 15) is 18.8 Å². The maximum absolute atomic E-state index is 14.0. The van der Waals surface area contributed by atoms with Crippen LogP contribution in [0.15, 0.2) is 42.5 Å². The van der Waals surface area contributed by atoms with Crippen LogP contribution in [-0.2, 0) is 9.53 Å². The van der Waals surface area contributed by atoms with Crippen LogP contribution in [0, 0.1) is 5.82 Å². The van der Waals surface area contributed by atoms with Crippen LogP contribution in [0.5, 0.6) is 0 Å². The number of nitrogens with zero attached hydrogens (tertiary/aromatic N) is 2. The van der Waals surface area contributed by atoms with Gasteiger partial charge < -0.3 is 19.9 Å². The maximum Gasteiger partial charge on any atom is 0.257 e. The second kappa shape index (κ2) is 9.67. The smallest absolute Gasteiger partial charge is 0.257 e. The number of piperazine rings is 1. The SMILES string of the molecule is O=C(Nc1cccc(C(=O)N2CCN(C(=O)c3cc(Cl)ccc3F)CC2)c1)C1CCCO1. The Bertz CT molecular complexity index is 1030. The molecule has 2 fully saturated rings. The second-order valence-electron chi connectivity index (χ2n) is 7.78. The van der Waals surface area contributed by atoms with E-state index in [0.29, 0.717) is 37.4 Å². The molecule has 1 atom stereocenters. The monoisotopic (exact) mass is 459 g/mol. The molecule has 2 aliphatic rings. The molecule has 168 valence electrons. The van der Waals surface area contributed by atoms with Gasteiger partial charge in [-0.05, 0) is 49.2 Å². The summed E-state index contributed by atoms with van der Waals surface area (Å²) in [5.41, 5.74) is 0.893. The number of amides is 3. The maximum atomic E-state index is 14.0. The number of anilines is 1. The Morgan fingerprint density at radius 2 is 1.72 bits per heavy atom. The van der Waals surface area contributed by atoms with Crippen LogP contribution >= 0.6 is 11.6 Å². The second-order valence-corrected chi connectivity index (χ2v) is 8.22. The average molecular weight is 460 g/mol. The molecule has 0 saturated carbocycles. The summed E-state index contributed by atoms with van der Waals surface area (Å²) in [6.07, 6.45) is 1.09. The lowest BCUT2D eigenvalue weighted by Crippen LogP contribution is -2.50. The number of rotatable bonds is 4. The molecule has 2 aromatic rings. The Kier molecular flexibility index (Phi) is 6.72. The van der Waals surface area contributed by atoms with Gasteiger partial charge in [-0.3, -0.25) is 14.4 Å². The molecule has 2 aliphatic heterocycles. The van der Waals surface area contributed by atoms with Crippen molar-refractivity contribution in [2.24, 2.45) is 0 Å². The summed E-state index contributed by atoms with van der Waals surface area (Å²) in [6.45, 7) is 1.78. The molecule has 3 amide bonds. The van der Waals surface area contributed by atoms with E-state index in [0.717, 1.165) is 6.42 Å². The van der Waals surface area contributed by atoms with Gasteiger partial charge in [0.2, 0.25) is 0 Å². The normalized spacial score (nSPS) is 18.5. The van der Waals surface area contributed by atoms with Crippen molar-refractivity contribution in [2.75, 3.05) is 38.1 Å². The third-order valence-electron chi connectivity index (χ3n) is 5.61. The van der Waals surface area contributed by atoms with Gasteiger partial charge >= 0.3 is 0 Å². The van der Waals surface area contributed by atoms with E-state index >= 15 is 0 Å². The van der Waals surface area contributed by atoms with E-state index in [2.05, 4.69) is 5.32 Å². The van der Waals surface area contributed by atoms with E-state index in [4.69, 9.17) is 16.3 Å². The molecule has 2 aromatic carbocycles. The zero-order valence-electron chi connectivity index (χ0n) is 17.4. The van der Waals surface area contributed by atoms with Crippen molar-refractivity contribution >= 4 is 35.0 Å². The van der Waals surface area contributed by atoms with E-state index in [1.165, 1.54) is 23.1 Å². The van der Waals surface area contributed by atoms with Crippen molar-refractivity contribution in [1.82, 2.24) is 9.80 Å². The van der Waals surface area contributed by atoms with Crippen molar-refractivity contribution in [3.05, 3.63) is 64.4 Å². The lowest BCUT2D eigenvalue weighted by Gasteiger charge is -2.35. The Balaban J connectivity index is 1.36. The standard InChI is InChI=1S/C23H23ClFN3O4/c24-16-6-7-19(25)18(14-16)23(31)28-10-8-27(9-11-28)22(30)15-3-1-4-17(13-15)26-21(29)20-5-2-12-32-20/h1,3-4,6-7,13-14,20H,2,5,8-12H2,(H,26,29). The van der Waals surface area contributed by atoms with Gasteiger partial charge in [0.05, 0.1) is 5.56 Å². The highest BCUT2D eigenvalue weighted by Gasteiger charge is 2.28. The predicted molar refractivity (Wildman–Crippen MR) is 117 cm³/mol. The lowest BCUT2D eigenvalue weighted by molar-refractivity contribution is -0.124. The lowest BCUT2D eigenvalue weighted by atomic mass is 10.1. The largest absolute Gasteiger partial charge is 0.368 e. The fourth-order valence-electron chi connectivity index (χ4n) is 3.86. The molecule has 4 rings (SSSR count). The number of benzene rings is 2. The van der Waals surface area contributed by atoms with Crippen molar-refractivity contribution in [3.8, 4) is 0 Å². The van der Waals surface area contributed by atoms with Crippen LogP contribution < -0.4 is 5.32 Å². The molecule has 0 spiro atoms. The number of nitrogens with one attached hydrogen (secondary N) is 1. The quantitative estimate of drug-likeness (QED) is 0.761. The zero-order valence-corrected chi connectivity index (χ0v) is 18.1. The topological polar surface area (TPSA) is 79.0 Å². The van der Waals surface area contributed by atoms with E-state index in [1.807, 2.05) is 0 Å². The number of hydrogen-bond donors (Lipinski definition) is 1. The summed E-state index contributed by atoms with van der Waals surface area (Å²) >= 11 is 5.89. The number of carbonyl (C=O) groups is 3. The molecule has 1 N–H and O–H groups in total. The van der Waals surface area contributed by atoms with E-state index < -0.39 is 17.8 Å². The van der Waals surface area contributed by atoms with E-state index in [-0.39, 0.29) is 35.5 Å². The molecule has 32 heavy (non-hydrogen) atoms. The number of carbonyl (C=O) groups excluding carboxylic acids is 3. The minimum Gasteiger partial charge on any atom is -0.368 e. The molecule has 0 radical (unpaired) electrons. The van der Waals surface area contributed by atoms with Crippen molar-refractivity contribution < 1.29 is 23.5 Å². The summed E-state index contributed by atoms with van der Waals surface area (Å²) in [4.78, 5) is 41.0. The highest BCUT2D eigenvalue weighted by Crippen LogP contribution is 2.20. The van der Waals surface area contributed by atoms with Gasteiger partial charge in [0.15, 0.2) is 0 Å². The molecule has 9 heteroatoms. The number of ether oxygens (including phenoxy) is 1. The van der Waals surface area contributed by atoms with Crippen molar-refractivity contribution in [2.45, 2.75) is 18.9 Å². The van der Waals surface area contributed by atoms with Gasteiger partial charge in [0.25, 0.3) is 17.7 Å². The summed E-state index contributed by atoms with van der Waals surface area (Å²) in [5.74, 6) is -1.48. The fraction of sp³-hybridized carbons (Fsp3) is 0.348. The molecule has 0 aliphatic carbocycles. The minimum absolute atomic E-state index is 0.0769. The zero-order chi connectivity index (χ0) is 22.7. The van der Waals surface area contributed by atoms with Crippen LogP contribution in [-0.4, -0.2) is 66.4 Å². The highest BCUT2D eigenvalue weighted by molar-refractivity contribution is 6.31. The van der Waals surface area contributed by atoms with Crippen LogP contribution in [0.4, 0.5) is 10.1 Å². The Morgan fingerprint density at radius 1 is 1.00 bits per heavy atom. The minimum atomic E-state index is -0.625.